The Kier molecular flexibility index (Phi) is 6.22. The molecule has 134 valence electrons. The van der Waals surface area contributed by atoms with Gasteiger partial charge in [0.15, 0.2) is 0 Å². The number of urea groups is 1. The fraction of sp³-hybridized carbons (Fsp3) is 0.562. The predicted octanol–water partition coefficient (Wildman–Crippen LogP) is 1.37. The maximum absolute atomic E-state index is 12.0. The van der Waals surface area contributed by atoms with Crippen molar-refractivity contribution >= 4 is 29.6 Å². The van der Waals surface area contributed by atoms with Crippen LogP contribution < -0.4 is 16.0 Å². The SMILES string of the molecule is CC(C)(C)NC(=O)NC(=O)CSC1=C(C#N)C(C)(C)[C@H](C#N)C(=O)N1. The number of hydrogen-bond acceptors (Lipinski definition) is 6. The van der Waals surface area contributed by atoms with Crippen molar-refractivity contribution in [3.05, 3.63) is 10.6 Å². The first-order chi connectivity index (χ1) is 11.4. The topological polar surface area (TPSA) is 135 Å². The summed E-state index contributed by atoms with van der Waals surface area (Å²) in [6.45, 7) is 8.61. The van der Waals surface area contributed by atoms with E-state index in [1.165, 1.54) is 0 Å². The first kappa shape index (κ1) is 20.5. The molecule has 0 saturated heterocycles. The Morgan fingerprint density at radius 3 is 2.40 bits per heavy atom. The van der Waals surface area contributed by atoms with Crippen LogP contribution in [0.15, 0.2) is 10.6 Å². The quantitative estimate of drug-likeness (QED) is 0.693. The van der Waals surface area contributed by atoms with E-state index in [0.29, 0.717) is 0 Å². The summed E-state index contributed by atoms with van der Waals surface area (Å²) in [7, 11) is 0. The Hall–Kier alpha value is -2.52. The largest absolute Gasteiger partial charge is 0.333 e. The molecule has 1 aliphatic heterocycles. The average molecular weight is 363 g/mol. The lowest BCUT2D eigenvalue weighted by Gasteiger charge is -2.34. The summed E-state index contributed by atoms with van der Waals surface area (Å²) in [4.78, 5) is 35.6. The number of nitriles is 2. The molecular formula is C16H21N5O3S. The van der Waals surface area contributed by atoms with E-state index < -0.39 is 34.7 Å². The number of allylic oxidation sites excluding steroid dienone is 1. The van der Waals surface area contributed by atoms with Crippen LogP contribution in [0.25, 0.3) is 0 Å². The zero-order valence-electron chi connectivity index (χ0n) is 14.8. The summed E-state index contributed by atoms with van der Waals surface area (Å²) in [5, 5.41) is 26.0. The van der Waals surface area contributed by atoms with Crippen molar-refractivity contribution in [1.82, 2.24) is 16.0 Å². The summed E-state index contributed by atoms with van der Waals surface area (Å²) >= 11 is 0.940. The van der Waals surface area contributed by atoms with Crippen molar-refractivity contribution in [1.29, 1.82) is 10.5 Å². The van der Waals surface area contributed by atoms with Gasteiger partial charge in [-0.1, -0.05) is 25.6 Å². The molecule has 8 nitrogen and oxygen atoms in total. The summed E-state index contributed by atoms with van der Waals surface area (Å²) in [6.07, 6.45) is 0. The Balaban J connectivity index is 2.82. The van der Waals surface area contributed by atoms with E-state index in [2.05, 4.69) is 16.0 Å². The van der Waals surface area contributed by atoms with Crippen molar-refractivity contribution in [3.8, 4) is 12.1 Å². The van der Waals surface area contributed by atoms with Gasteiger partial charge in [-0.25, -0.2) is 4.79 Å². The molecule has 0 aliphatic carbocycles. The highest BCUT2D eigenvalue weighted by Gasteiger charge is 2.44. The molecule has 1 heterocycles. The van der Waals surface area contributed by atoms with E-state index in [4.69, 9.17) is 5.26 Å². The first-order valence-electron chi connectivity index (χ1n) is 7.52. The molecular weight excluding hydrogens is 342 g/mol. The van der Waals surface area contributed by atoms with Crippen molar-refractivity contribution in [3.63, 3.8) is 0 Å². The minimum absolute atomic E-state index is 0.161. The van der Waals surface area contributed by atoms with Crippen molar-refractivity contribution < 1.29 is 14.4 Å². The number of nitrogens with zero attached hydrogens (tertiary/aromatic N) is 2. The van der Waals surface area contributed by atoms with E-state index >= 15 is 0 Å². The van der Waals surface area contributed by atoms with Crippen LogP contribution in [-0.2, 0) is 9.59 Å². The Morgan fingerprint density at radius 2 is 1.92 bits per heavy atom. The molecule has 0 saturated carbocycles. The van der Waals surface area contributed by atoms with E-state index in [1.54, 1.807) is 34.6 Å². The van der Waals surface area contributed by atoms with Crippen LogP contribution in [0.5, 0.6) is 0 Å². The summed E-state index contributed by atoms with van der Waals surface area (Å²) in [6, 6.07) is 3.29. The second-order valence-electron chi connectivity index (χ2n) is 7.13. The van der Waals surface area contributed by atoms with Crippen LogP contribution in [0.4, 0.5) is 4.79 Å². The molecule has 0 aromatic carbocycles. The van der Waals surface area contributed by atoms with E-state index in [9.17, 15) is 19.6 Å². The molecule has 1 atom stereocenters. The molecule has 3 N–H and O–H groups in total. The van der Waals surface area contributed by atoms with Gasteiger partial charge in [0.2, 0.25) is 11.8 Å². The zero-order valence-corrected chi connectivity index (χ0v) is 15.6. The molecule has 0 aromatic rings. The smallest absolute Gasteiger partial charge is 0.321 e. The fourth-order valence-electron chi connectivity index (χ4n) is 2.21. The van der Waals surface area contributed by atoms with Crippen LogP contribution in [-0.4, -0.2) is 29.1 Å². The van der Waals surface area contributed by atoms with Gasteiger partial charge in [0, 0.05) is 11.0 Å². The van der Waals surface area contributed by atoms with Gasteiger partial charge < -0.3 is 10.6 Å². The minimum Gasteiger partial charge on any atom is -0.333 e. The standard InChI is InChI=1S/C16H21N5O3S/c1-15(2,3)21-14(24)19-11(22)8-25-13-10(7-18)16(4,5)9(6-17)12(23)20-13/h9H,8H2,1-5H3,(H,20,23)(H2,19,21,22,24)/t9-/m1/s1. The first-order valence-corrected chi connectivity index (χ1v) is 8.51. The number of imide groups is 1. The fourth-order valence-corrected chi connectivity index (χ4v) is 3.18. The molecule has 1 rings (SSSR count). The maximum Gasteiger partial charge on any atom is 0.321 e. The highest BCUT2D eigenvalue weighted by molar-refractivity contribution is 8.03. The number of hydrogen-bond donors (Lipinski definition) is 3. The predicted molar refractivity (Wildman–Crippen MR) is 92.6 cm³/mol. The van der Waals surface area contributed by atoms with Gasteiger partial charge in [-0.3, -0.25) is 14.9 Å². The lowest BCUT2D eigenvalue weighted by Crippen LogP contribution is -2.49. The number of rotatable bonds is 3. The molecule has 0 aromatic heterocycles. The van der Waals surface area contributed by atoms with Gasteiger partial charge in [0.05, 0.1) is 28.5 Å². The zero-order chi connectivity index (χ0) is 19.4. The molecule has 0 unspecified atom stereocenters. The lowest BCUT2D eigenvalue weighted by molar-refractivity contribution is -0.125. The van der Waals surface area contributed by atoms with Crippen LogP contribution in [0.3, 0.4) is 0 Å². The molecule has 0 bridgehead atoms. The second-order valence-corrected chi connectivity index (χ2v) is 8.12. The molecule has 0 radical (unpaired) electrons. The minimum atomic E-state index is -0.988. The summed E-state index contributed by atoms with van der Waals surface area (Å²) in [5.74, 6) is -2.23. The molecule has 25 heavy (non-hydrogen) atoms. The third-order valence-corrected chi connectivity index (χ3v) is 4.42. The second kappa shape index (κ2) is 7.58. The average Bonchev–Trinajstić information content (AvgIpc) is 2.42. The van der Waals surface area contributed by atoms with Crippen LogP contribution in [0, 0.1) is 34.0 Å². The third-order valence-electron chi connectivity index (χ3n) is 3.42. The van der Waals surface area contributed by atoms with Gasteiger partial charge in [0.1, 0.15) is 5.92 Å². The molecule has 1 aliphatic rings. The number of carbonyl (C=O) groups is 3. The highest BCUT2D eigenvalue weighted by Crippen LogP contribution is 2.41. The van der Waals surface area contributed by atoms with Crippen molar-refractivity contribution in [2.24, 2.45) is 11.3 Å². The molecule has 0 spiro atoms. The number of carbonyl (C=O) groups excluding carboxylic acids is 3. The van der Waals surface area contributed by atoms with Gasteiger partial charge in [-0.15, -0.1) is 0 Å². The van der Waals surface area contributed by atoms with Gasteiger partial charge in [-0.05, 0) is 20.8 Å². The van der Waals surface area contributed by atoms with Crippen LogP contribution >= 0.6 is 11.8 Å². The van der Waals surface area contributed by atoms with Crippen molar-refractivity contribution in [2.75, 3.05) is 5.75 Å². The molecule has 0 fully saturated rings. The summed E-state index contributed by atoms with van der Waals surface area (Å²) in [5.41, 5.74) is -1.22. The number of nitrogens with one attached hydrogen (secondary N) is 3. The normalized spacial score (nSPS) is 19.3. The molecule has 9 heteroatoms. The third kappa shape index (κ3) is 5.23. The maximum atomic E-state index is 12.0. The highest BCUT2D eigenvalue weighted by atomic mass is 32.2. The van der Waals surface area contributed by atoms with Crippen molar-refractivity contribution in [2.45, 2.75) is 40.2 Å². The van der Waals surface area contributed by atoms with Crippen LogP contribution in [0.1, 0.15) is 34.6 Å². The molecule has 4 amide bonds. The summed E-state index contributed by atoms with van der Waals surface area (Å²) < 4.78 is 0. The van der Waals surface area contributed by atoms with E-state index in [-0.39, 0.29) is 16.4 Å². The van der Waals surface area contributed by atoms with E-state index in [0.717, 1.165) is 11.8 Å². The van der Waals surface area contributed by atoms with Gasteiger partial charge in [0.25, 0.3) is 0 Å². The Labute approximate surface area is 151 Å². The van der Waals surface area contributed by atoms with Gasteiger partial charge >= 0.3 is 6.03 Å². The van der Waals surface area contributed by atoms with Gasteiger partial charge in [-0.2, -0.15) is 10.5 Å². The number of amides is 4. The Morgan fingerprint density at radius 1 is 1.32 bits per heavy atom. The Bertz CT molecular complexity index is 707. The number of thioether (sulfide) groups is 1. The van der Waals surface area contributed by atoms with E-state index in [1.807, 2.05) is 12.1 Å². The monoisotopic (exact) mass is 363 g/mol. The lowest BCUT2D eigenvalue weighted by atomic mass is 9.72. The van der Waals surface area contributed by atoms with Crippen LogP contribution in [0.2, 0.25) is 0 Å².